The Labute approximate surface area is 294 Å². The summed E-state index contributed by atoms with van der Waals surface area (Å²) in [7, 11) is 0. The number of nitrogen functional groups attached to an aromatic ring is 2. The molecule has 0 spiro atoms. The Morgan fingerprint density at radius 2 is 1.02 bits per heavy atom. The minimum absolute atomic E-state index is 0.00301. The zero-order chi connectivity index (χ0) is 35.2. The molecular weight excluding hydrogens is 640 g/mol. The van der Waals surface area contributed by atoms with Gasteiger partial charge in [0.15, 0.2) is 37.9 Å². The van der Waals surface area contributed by atoms with Crippen molar-refractivity contribution in [2.45, 2.75) is 39.0 Å². The van der Waals surface area contributed by atoms with Crippen LogP contribution in [0.2, 0.25) is 0 Å². The third-order valence-corrected chi connectivity index (χ3v) is 8.77. The molecular formula is C39H39N10O2+3. The van der Waals surface area contributed by atoms with Crippen LogP contribution in [0.1, 0.15) is 12.8 Å². The molecule has 51 heavy (non-hydrogen) atoms. The predicted molar refractivity (Wildman–Crippen MR) is 196 cm³/mol. The molecule has 0 aliphatic carbocycles. The fourth-order valence-corrected chi connectivity index (χ4v) is 6.00. The molecule has 7 aromatic rings. The predicted octanol–water partition coefficient (Wildman–Crippen LogP) is 7.24. The van der Waals surface area contributed by atoms with Gasteiger partial charge in [-0.25, -0.2) is 18.3 Å². The van der Waals surface area contributed by atoms with Gasteiger partial charge in [0.2, 0.25) is 6.33 Å². The summed E-state index contributed by atoms with van der Waals surface area (Å²) in [6.45, 7) is 3.54. The highest BCUT2D eigenvalue weighted by atomic mass is 16.3. The number of aromatic hydroxyl groups is 2. The third-order valence-electron chi connectivity index (χ3n) is 8.77. The average Bonchev–Trinajstić information content (AvgIpc) is 3.60. The minimum Gasteiger partial charge on any atom is -0.506 e. The number of aromatic nitrogens is 4. The number of imidazole rings is 1. The molecule has 0 aliphatic heterocycles. The van der Waals surface area contributed by atoms with Crippen molar-refractivity contribution in [3.05, 3.63) is 128 Å². The van der Waals surface area contributed by atoms with Crippen molar-refractivity contribution in [1.82, 2.24) is 4.57 Å². The largest absolute Gasteiger partial charge is 0.506 e. The van der Waals surface area contributed by atoms with Crippen LogP contribution in [0.15, 0.2) is 149 Å². The van der Waals surface area contributed by atoms with Crippen molar-refractivity contribution in [2.24, 2.45) is 20.5 Å². The van der Waals surface area contributed by atoms with Gasteiger partial charge >= 0.3 is 0 Å². The number of phenolic OH excluding ortho intramolecular Hbond substituents is 2. The number of aryl methyl sites for hydroxylation is 4. The Morgan fingerprint density at radius 3 is 1.55 bits per heavy atom. The number of rotatable bonds is 12. The lowest BCUT2D eigenvalue weighted by atomic mass is 10.1. The first-order valence-corrected chi connectivity index (χ1v) is 16.8. The lowest BCUT2D eigenvalue weighted by Crippen LogP contribution is -2.37. The quantitative estimate of drug-likeness (QED) is 0.0464. The number of nitrogens with two attached hydrogens (primary N) is 2. The minimum atomic E-state index is -0.00301. The van der Waals surface area contributed by atoms with Crippen molar-refractivity contribution >= 4 is 55.7 Å². The molecule has 6 N–H and O–H groups in total. The van der Waals surface area contributed by atoms with Crippen LogP contribution in [-0.2, 0) is 26.2 Å². The van der Waals surface area contributed by atoms with Gasteiger partial charge in [0.05, 0.1) is 24.5 Å². The fraction of sp³-hybridized carbons (Fsp3) is 0.154. The van der Waals surface area contributed by atoms with Crippen molar-refractivity contribution in [1.29, 1.82) is 0 Å². The highest BCUT2D eigenvalue weighted by Gasteiger charge is 2.12. The zero-order valence-corrected chi connectivity index (χ0v) is 28.0. The lowest BCUT2D eigenvalue weighted by molar-refractivity contribution is -0.726. The third kappa shape index (κ3) is 7.65. The summed E-state index contributed by atoms with van der Waals surface area (Å²) in [6.07, 6.45) is 16.3. The average molecular weight is 680 g/mol. The molecule has 0 saturated carbocycles. The standard InChI is InChI=1S/C39H36N10O2/c40-36-34(50)25-28-7-1-3-9-32(28)38(36)44-42-30-11-19-46(20-12-30)15-5-17-48-23-24-49(27-48)18-6-16-47-21-13-31(14-22-47)43-45-39-33-10-4-2-8-29(33)26-35(51)37(39)41/h1-4,7-14,19-27,40-41H,5-6,15-18H2,(H-,44,45,50,51)/p+3. The van der Waals surface area contributed by atoms with E-state index in [-0.39, 0.29) is 22.9 Å². The van der Waals surface area contributed by atoms with E-state index in [0.29, 0.717) is 22.7 Å². The monoisotopic (exact) mass is 679 g/mol. The molecule has 0 radical (unpaired) electrons. The van der Waals surface area contributed by atoms with Crippen molar-refractivity contribution in [2.75, 3.05) is 11.5 Å². The molecule has 0 saturated heterocycles. The first kappa shape index (κ1) is 32.8. The Bertz CT molecular complexity index is 2200. The van der Waals surface area contributed by atoms with Crippen LogP contribution < -0.4 is 25.2 Å². The second-order valence-electron chi connectivity index (χ2n) is 12.3. The molecule has 0 aliphatic rings. The van der Waals surface area contributed by atoms with Gasteiger partial charge in [-0.05, 0) is 22.9 Å². The Morgan fingerprint density at radius 1 is 0.549 bits per heavy atom. The number of phenols is 2. The lowest BCUT2D eigenvalue weighted by Gasteiger charge is -2.07. The van der Waals surface area contributed by atoms with Crippen LogP contribution in [0, 0.1) is 0 Å². The molecule has 0 atom stereocenters. The van der Waals surface area contributed by atoms with Gasteiger partial charge in [-0.15, -0.1) is 10.2 Å². The van der Waals surface area contributed by atoms with E-state index in [1.54, 1.807) is 12.1 Å². The van der Waals surface area contributed by atoms with Gasteiger partial charge in [-0.1, -0.05) is 48.5 Å². The maximum Gasteiger partial charge on any atom is 0.243 e. The van der Waals surface area contributed by atoms with Gasteiger partial charge in [-0.2, -0.15) is 10.2 Å². The Hall–Kier alpha value is -6.69. The summed E-state index contributed by atoms with van der Waals surface area (Å²) in [5.41, 5.74) is 15.0. The van der Waals surface area contributed by atoms with E-state index in [4.69, 9.17) is 11.5 Å². The second-order valence-corrected chi connectivity index (χ2v) is 12.3. The topological polar surface area (TPSA) is 159 Å². The van der Waals surface area contributed by atoms with E-state index in [0.717, 1.165) is 60.6 Å². The number of azo groups is 2. The second kappa shape index (κ2) is 14.8. The van der Waals surface area contributed by atoms with Crippen molar-refractivity contribution in [3.63, 3.8) is 0 Å². The van der Waals surface area contributed by atoms with Crippen LogP contribution >= 0.6 is 0 Å². The summed E-state index contributed by atoms with van der Waals surface area (Å²) >= 11 is 0. The molecule has 7 rings (SSSR count). The molecule has 4 aromatic carbocycles. The summed E-state index contributed by atoms with van der Waals surface area (Å²) in [5, 5.41) is 41.3. The van der Waals surface area contributed by atoms with Gasteiger partial charge in [0.25, 0.3) is 0 Å². The maximum absolute atomic E-state index is 10.2. The highest BCUT2D eigenvalue weighted by Crippen LogP contribution is 2.40. The number of fused-ring (bicyclic) bond motifs is 2. The fourth-order valence-electron chi connectivity index (χ4n) is 6.00. The number of anilines is 2. The van der Waals surface area contributed by atoms with Gasteiger partial charge in [0.1, 0.15) is 46.6 Å². The summed E-state index contributed by atoms with van der Waals surface area (Å²) in [4.78, 5) is 0. The molecule has 0 unspecified atom stereocenters. The van der Waals surface area contributed by atoms with E-state index >= 15 is 0 Å². The number of benzene rings is 4. The Kier molecular flexibility index (Phi) is 9.55. The van der Waals surface area contributed by atoms with Crippen LogP contribution in [0.5, 0.6) is 11.5 Å². The van der Waals surface area contributed by atoms with Gasteiger partial charge < -0.3 is 21.7 Å². The van der Waals surface area contributed by atoms with E-state index < -0.39 is 0 Å². The highest BCUT2D eigenvalue weighted by molar-refractivity contribution is 6.01. The zero-order valence-electron chi connectivity index (χ0n) is 28.0. The van der Waals surface area contributed by atoms with Crippen molar-refractivity contribution < 1.29 is 23.9 Å². The summed E-state index contributed by atoms with van der Waals surface area (Å²) in [5.74, 6) is -0.00602. The Balaban J connectivity index is 0.863. The van der Waals surface area contributed by atoms with Crippen LogP contribution in [0.25, 0.3) is 21.5 Å². The molecule has 3 heterocycles. The van der Waals surface area contributed by atoms with E-state index in [1.807, 2.05) is 97.6 Å². The number of pyridine rings is 2. The first-order chi connectivity index (χ1) is 24.9. The first-order valence-electron chi connectivity index (χ1n) is 16.8. The SMILES string of the molecule is Nc1c(O)cc2ccccc2c1/N=N\c1cc[n+](CCCn2cc[n+](CCC[n+]3ccc(/N=N\c4c(N)c(O)cc5ccccc45)cc3)c2)cc1. The molecule has 254 valence electrons. The number of hydrogen-bond donors (Lipinski definition) is 4. The molecule has 3 aromatic heterocycles. The number of hydrogen-bond acceptors (Lipinski definition) is 8. The number of nitrogens with zero attached hydrogens (tertiary/aromatic N) is 8. The van der Waals surface area contributed by atoms with Crippen LogP contribution in [0.4, 0.5) is 34.1 Å². The maximum atomic E-state index is 10.2. The van der Waals surface area contributed by atoms with Crippen LogP contribution in [-0.4, -0.2) is 14.8 Å². The molecule has 0 amide bonds. The normalized spacial score (nSPS) is 11.8. The molecule has 0 bridgehead atoms. The van der Waals surface area contributed by atoms with Crippen LogP contribution in [0.3, 0.4) is 0 Å². The molecule has 0 fully saturated rings. The summed E-state index contributed by atoms with van der Waals surface area (Å²) in [6, 6.07) is 26.2. The van der Waals surface area contributed by atoms with E-state index in [9.17, 15) is 10.2 Å². The van der Waals surface area contributed by atoms with E-state index in [1.165, 1.54) is 0 Å². The van der Waals surface area contributed by atoms with E-state index in [2.05, 4.69) is 57.4 Å². The smallest absolute Gasteiger partial charge is 0.243 e. The molecule has 12 heteroatoms. The van der Waals surface area contributed by atoms with Crippen molar-refractivity contribution in [3.8, 4) is 11.5 Å². The van der Waals surface area contributed by atoms with Gasteiger partial charge in [-0.3, -0.25) is 0 Å². The summed E-state index contributed by atoms with van der Waals surface area (Å²) < 4.78 is 8.68. The van der Waals surface area contributed by atoms with Gasteiger partial charge in [0, 0.05) is 47.9 Å². The molecule has 12 nitrogen and oxygen atoms in total.